The number of halogens is 2. The van der Waals surface area contributed by atoms with E-state index in [1.165, 1.54) is 6.92 Å². The number of nitrogens with zero attached hydrogens (tertiary/aromatic N) is 1. The zero-order valence-electron chi connectivity index (χ0n) is 7.16. The lowest BCUT2D eigenvalue weighted by Gasteiger charge is -2.06. The third kappa shape index (κ3) is 1.78. The average molecular weight is 203 g/mol. The maximum absolute atomic E-state index is 12.3. The van der Waals surface area contributed by atoms with Gasteiger partial charge in [-0.25, -0.2) is 18.6 Å². The SMILES string of the molecule is Cc1nc(C(=O)O)cc(C(F)F)c1O. The van der Waals surface area contributed by atoms with Gasteiger partial charge < -0.3 is 10.2 Å². The maximum Gasteiger partial charge on any atom is 0.354 e. The highest BCUT2D eigenvalue weighted by Gasteiger charge is 2.19. The summed E-state index contributed by atoms with van der Waals surface area (Å²) >= 11 is 0. The molecule has 4 nitrogen and oxygen atoms in total. The van der Waals surface area contributed by atoms with Crippen molar-refractivity contribution in [1.82, 2.24) is 4.98 Å². The zero-order chi connectivity index (χ0) is 10.9. The van der Waals surface area contributed by atoms with Gasteiger partial charge in [0.1, 0.15) is 11.4 Å². The van der Waals surface area contributed by atoms with Crippen molar-refractivity contribution in [2.75, 3.05) is 0 Å². The fourth-order valence-electron chi connectivity index (χ4n) is 0.966. The fraction of sp³-hybridized carbons (Fsp3) is 0.250. The molecule has 0 saturated carbocycles. The number of carboxylic acid groups (broad SMARTS) is 1. The molecule has 1 heterocycles. The standard InChI is InChI=1S/C8H7F2NO3/c1-3-6(12)4(7(9)10)2-5(11-3)8(13)14/h2,7,12H,1H3,(H,13,14). The van der Waals surface area contributed by atoms with E-state index < -0.39 is 29.4 Å². The number of aryl methyl sites for hydroxylation is 1. The Morgan fingerprint density at radius 1 is 1.57 bits per heavy atom. The lowest BCUT2D eigenvalue weighted by Crippen LogP contribution is -2.04. The van der Waals surface area contributed by atoms with Crippen molar-refractivity contribution < 1.29 is 23.8 Å². The smallest absolute Gasteiger partial charge is 0.354 e. The van der Waals surface area contributed by atoms with E-state index in [-0.39, 0.29) is 5.69 Å². The van der Waals surface area contributed by atoms with Crippen LogP contribution in [0.4, 0.5) is 8.78 Å². The van der Waals surface area contributed by atoms with E-state index >= 15 is 0 Å². The van der Waals surface area contributed by atoms with Gasteiger partial charge in [-0.05, 0) is 13.0 Å². The lowest BCUT2D eigenvalue weighted by atomic mass is 10.1. The predicted molar refractivity (Wildman–Crippen MR) is 42.6 cm³/mol. The molecule has 0 amide bonds. The Labute approximate surface area is 77.8 Å². The van der Waals surface area contributed by atoms with Crippen molar-refractivity contribution in [1.29, 1.82) is 0 Å². The van der Waals surface area contributed by atoms with E-state index in [0.717, 1.165) is 0 Å². The normalized spacial score (nSPS) is 10.6. The molecule has 6 heteroatoms. The molecule has 0 saturated heterocycles. The minimum Gasteiger partial charge on any atom is -0.506 e. The summed E-state index contributed by atoms with van der Waals surface area (Å²) in [6.07, 6.45) is -2.92. The highest BCUT2D eigenvalue weighted by Crippen LogP contribution is 2.30. The van der Waals surface area contributed by atoms with Gasteiger partial charge in [0.15, 0.2) is 0 Å². The van der Waals surface area contributed by atoms with Crippen LogP contribution in [0, 0.1) is 6.92 Å². The van der Waals surface area contributed by atoms with Crippen LogP contribution in [0.5, 0.6) is 5.75 Å². The van der Waals surface area contributed by atoms with Gasteiger partial charge in [0, 0.05) is 0 Å². The molecular formula is C8H7F2NO3. The summed E-state index contributed by atoms with van der Waals surface area (Å²) in [5, 5.41) is 17.7. The van der Waals surface area contributed by atoms with Crippen LogP contribution in [0.3, 0.4) is 0 Å². The molecule has 1 aromatic heterocycles. The molecule has 1 aromatic rings. The zero-order valence-corrected chi connectivity index (χ0v) is 7.16. The van der Waals surface area contributed by atoms with Crippen LogP contribution in [0.1, 0.15) is 28.2 Å². The Hall–Kier alpha value is -1.72. The van der Waals surface area contributed by atoms with Crippen LogP contribution in [0.15, 0.2) is 6.07 Å². The molecular weight excluding hydrogens is 196 g/mol. The van der Waals surface area contributed by atoms with Gasteiger partial charge in [0.2, 0.25) is 0 Å². The summed E-state index contributed by atoms with van der Waals surface area (Å²) in [5.74, 6) is -2.07. The number of alkyl halides is 2. The number of hydrogen-bond donors (Lipinski definition) is 2. The summed E-state index contributed by atoms with van der Waals surface area (Å²) in [6.45, 7) is 1.26. The van der Waals surface area contributed by atoms with E-state index in [1.807, 2.05) is 0 Å². The number of rotatable bonds is 2. The van der Waals surface area contributed by atoms with Crippen LogP contribution in [0.25, 0.3) is 0 Å². The first-order valence-electron chi connectivity index (χ1n) is 3.65. The van der Waals surface area contributed by atoms with Gasteiger partial charge in [-0.3, -0.25) is 0 Å². The molecule has 0 fully saturated rings. The second-order valence-electron chi connectivity index (χ2n) is 2.64. The molecule has 14 heavy (non-hydrogen) atoms. The molecule has 0 aliphatic rings. The van der Waals surface area contributed by atoms with Gasteiger partial charge in [-0.1, -0.05) is 0 Å². The number of aromatic nitrogens is 1. The highest BCUT2D eigenvalue weighted by molar-refractivity contribution is 5.85. The van der Waals surface area contributed by atoms with E-state index in [1.54, 1.807) is 0 Å². The van der Waals surface area contributed by atoms with Crippen LogP contribution >= 0.6 is 0 Å². The molecule has 0 unspecified atom stereocenters. The van der Waals surface area contributed by atoms with Crippen LogP contribution in [0.2, 0.25) is 0 Å². The van der Waals surface area contributed by atoms with E-state index in [4.69, 9.17) is 10.2 Å². The van der Waals surface area contributed by atoms with E-state index in [2.05, 4.69) is 4.98 Å². The number of carbonyl (C=O) groups is 1. The summed E-state index contributed by atoms with van der Waals surface area (Å²) in [4.78, 5) is 13.9. The monoisotopic (exact) mass is 203 g/mol. The van der Waals surface area contributed by atoms with Crippen LogP contribution in [-0.2, 0) is 0 Å². The van der Waals surface area contributed by atoms with Crippen molar-refractivity contribution in [2.24, 2.45) is 0 Å². The Kier molecular flexibility index (Phi) is 2.64. The van der Waals surface area contributed by atoms with Crippen molar-refractivity contribution >= 4 is 5.97 Å². The Bertz CT molecular complexity index is 379. The molecule has 0 bridgehead atoms. The number of hydrogen-bond acceptors (Lipinski definition) is 3. The molecule has 2 N–H and O–H groups in total. The summed E-state index contributed by atoms with van der Waals surface area (Å²) in [6, 6.07) is 0.662. The molecule has 0 aliphatic heterocycles. The molecule has 0 atom stereocenters. The van der Waals surface area contributed by atoms with Gasteiger partial charge >= 0.3 is 5.97 Å². The summed E-state index contributed by atoms with van der Waals surface area (Å²) in [5.41, 5.74) is -1.34. The first kappa shape index (κ1) is 10.4. The van der Waals surface area contributed by atoms with Crippen LogP contribution < -0.4 is 0 Å². The first-order chi connectivity index (χ1) is 6.43. The Morgan fingerprint density at radius 2 is 2.14 bits per heavy atom. The number of aromatic carboxylic acids is 1. The van der Waals surface area contributed by atoms with Crippen molar-refractivity contribution in [3.63, 3.8) is 0 Å². The first-order valence-corrected chi connectivity index (χ1v) is 3.65. The highest BCUT2D eigenvalue weighted by atomic mass is 19.3. The third-order valence-electron chi connectivity index (χ3n) is 1.65. The Morgan fingerprint density at radius 3 is 2.57 bits per heavy atom. The molecule has 76 valence electrons. The minimum absolute atomic E-state index is 0.125. The average Bonchev–Trinajstić information content (AvgIpc) is 2.08. The van der Waals surface area contributed by atoms with Gasteiger partial charge in [0.05, 0.1) is 11.3 Å². The molecule has 1 rings (SSSR count). The topological polar surface area (TPSA) is 70.4 Å². The minimum atomic E-state index is -2.92. The number of carboxylic acids is 1. The molecule has 0 radical (unpaired) electrons. The second kappa shape index (κ2) is 3.57. The number of pyridine rings is 1. The summed E-state index contributed by atoms with van der Waals surface area (Å²) in [7, 11) is 0. The number of aromatic hydroxyl groups is 1. The predicted octanol–water partition coefficient (Wildman–Crippen LogP) is 1.73. The lowest BCUT2D eigenvalue weighted by molar-refractivity contribution is 0.0689. The second-order valence-corrected chi connectivity index (χ2v) is 2.64. The van der Waals surface area contributed by atoms with Gasteiger partial charge in [-0.2, -0.15) is 0 Å². The largest absolute Gasteiger partial charge is 0.506 e. The molecule has 0 aromatic carbocycles. The third-order valence-corrected chi connectivity index (χ3v) is 1.65. The van der Waals surface area contributed by atoms with Crippen molar-refractivity contribution in [2.45, 2.75) is 13.3 Å². The maximum atomic E-state index is 12.3. The van der Waals surface area contributed by atoms with Crippen LogP contribution in [-0.4, -0.2) is 21.2 Å². The molecule has 0 aliphatic carbocycles. The van der Waals surface area contributed by atoms with Crippen molar-refractivity contribution in [3.8, 4) is 5.75 Å². The summed E-state index contributed by atoms with van der Waals surface area (Å²) < 4.78 is 24.5. The Balaban J connectivity index is 3.35. The van der Waals surface area contributed by atoms with E-state index in [9.17, 15) is 13.6 Å². The van der Waals surface area contributed by atoms with Gasteiger partial charge in [0.25, 0.3) is 6.43 Å². The van der Waals surface area contributed by atoms with Gasteiger partial charge in [-0.15, -0.1) is 0 Å². The van der Waals surface area contributed by atoms with E-state index in [0.29, 0.717) is 6.07 Å². The fourth-order valence-corrected chi connectivity index (χ4v) is 0.966. The van der Waals surface area contributed by atoms with Crippen molar-refractivity contribution in [3.05, 3.63) is 23.0 Å². The quantitative estimate of drug-likeness (QED) is 0.767. The molecule has 0 spiro atoms.